The van der Waals surface area contributed by atoms with Gasteiger partial charge < -0.3 is 10.1 Å². The lowest BCUT2D eigenvalue weighted by Gasteiger charge is -1.99. The van der Waals surface area contributed by atoms with Crippen molar-refractivity contribution in [3.8, 4) is 0 Å². The van der Waals surface area contributed by atoms with Crippen LogP contribution < -0.4 is 5.32 Å². The first-order valence-corrected chi connectivity index (χ1v) is 4.75. The Morgan fingerprint density at radius 3 is 3.08 bits per heavy atom. The first kappa shape index (κ1) is 9.64. The molecule has 0 aliphatic carbocycles. The topological polar surface area (TPSA) is 34.1 Å². The molecule has 0 saturated carbocycles. The molecule has 0 atom stereocenters. The molecule has 0 amide bonds. The lowest BCUT2D eigenvalue weighted by molar-refractivity contribution is 0.199. The molecule has 0 saturated heterocycles. The van der Waals surface area contributed by atoms with Gasteiger partial charge in [-0.1, -0.05) is 0 Å². The molecule has 12 heavy (non-hydrogen) atoms. The van der Waals surface area contributed by atoms with Gasteiger partial charge in [-0.3, -0.25) is 0 Å². The minimum Gasteiger partial charge on any atom is -0.383 e. The molecule has 4 heteroatoms. The Bertz CT molecular complexity index is 225. The number of hydrogen-bond donors (Lipinski definition) is 1. The van der Waals surface area contributed by atoms with Crippen LogP contribution in [0.15, 0.2) is 6.20 Å². The Kier molecular flexibility index (Phi) is 4.21. The maximum Gasteiger partial charge on any atom is 0.107 e. The summed E-state index contributed by atoms with van der Waals surface area (Å²) in [4.78, 5) is 5.49. The third-order valence-corrected chi connectivity index (χ3v) is 2.34. The molecule has 1 N–H and O–H groups in total. The molecule has 0 aliphatic rings. The lowest BCUT2D eigenvalue weighted by Crippen LogP contribution is -2.18. The van der Waals surface area contributed by atoms with Crippen LogP contribution in [0.1, 0.15) is 9.88 Å². The molecule has 1 heterocycles. The Balaban J connectivity index is 2.15. The van der Waals surface area contributed by atoms with Gasteiger partial charge in [-0.15, -0.1) is 11.3 Å². The zero-order valence-corrected chi connectivity index (χ0v) is 8.28. The van der Waals surface area contributed by atoms with Crippen molar-refractivity contribution in [1.29, 1.82) is 0 Å². The molecule has 1 rings (SSSR count). The zero-order valence-electron chi connectivity index (χ0n) is 7.46. The molecule has 0 aliphatic heterocycles. The Morgan fingerprint density at radius 2 is 2.50 bits per heavy atom. The van der Waals surface area contributed by atoms with Crippen molar-refractivity contribution in [2.75, 3.05) is 20.3 Å². The largest absolute Gasteiger partial charge is 0.383 e. The molecule has 3 nitrogen and oxygen atoms in total. The second-order valence-electron chi connectivity index (χ2n) is 2.53. The quantitative estimate of drug-likeness (QED) is 0.701. The molecule has 0 bridgehead atoms. The molecule has 1 aromatic rings. The van der Waals surface area contributed by atoms with Crippen LogP contribution in [0, 0.1) is 6.92 Å². The number of ether oxygens (including phenoxy) is 1. The molecule has 0 unspecified atom stereocenters. The highest BCUT2D eigenvalue weighted by Crippen LogP contribution is 2.09. The highest BCUT2D eigenvalue weighted by Gasteiger charge is 1.96. The van der Waals surface area contributed by atoms with E-state index in [-0.39, 0.29) is 0 Å². The number of aryl methyl sites for hydroxylation is 1. The van der Waals surface area contributed by atoms with Gasteiger partial charge >= 0.3 is 0 Å². The molecular formula is C8H14N2OS. The van der Waals surface area contributed by atoms with E-state index < -0.39 is 0 Å². The van der Waals surface area contributed by atoms with Crippen LogP contribution in [0.4, 0.5) is 0 Å². The van der Waals surface area contributed by atoms with E-state index in [1.165, 1.54) is 4.88 Å². The van der Waals surface area contributed by atoms with E-state index in [0.29, 0.717) is 0 Å². The molecule has 0 fully saturated rings. The van der Waals surface area contributed by atoms with Crippen LogP contribution in [-0.2, 0) is 11.3 Å². The van der Waals surface area contributed by atoms with Gasteiger partial charge in [-0.05, 0) is 6.92 Å². The van der Waals surface area contributed by atoms with Gasteiger partial charge in [-0.2, -0.15) is 0 Å². The molecular weight excluding hydrogens is 172 g/mol. The van der Waals surface area contributed by atoms with Crippen LogP contribution in [0.3, 0.4) is 0 Å². The monoisotopic (exact) mass is 186 g/mol. The maximum absolute atomic E-state index is 4.91. The average Bonchev–Trinajstić information content (AvgIpc) is 2.45. The number of rotatable bonds is 5. The lowest BCUT2D eigenvalue weighted by atomic mass is 10.6. The van der Waals surface area contributed by atoms with E-state index >= 15 is 0 Å². The Hall–Kier alpha value is -0.450. The second-order valence-corrected chi connectivity index (χ2v) is 3.85. The third kappa shape index (κ3) is 3.30. The summed E-state index contributed by atoms with van der Waals surface area (Å²) in [7, 11) is 1.70. The van der Waals surface area contributed by atoms with Gasteiger partial charge in [0.1, 0.15) is 5.01 Å². The predicted octanol–water partition coefficient (Wildman–Crippen LogP) is 1.19. The summed E-state index contributed by atoms with van der Waals surface area (Å²) in [5.41, 5.74) is 0. The Labute approximate surface area is 76.8 Å². The van der Waals surface area contributed by atoms with Crippen LogP contribution in [-0.4, -0.2) is 25.2 Å². The van der Waals surface area contributed by atoms with Crippen molar-refractivity contribution in [2.45, 2.75) is 13.5 Å². The van der Waals surface area contributed by atoms with Crippen molar-refractivity contribution in [2.24, 2.45) is 0 Å². The van der Waals surface area contributed by atoms with Crippen LogP contribution >= 0.6 is 11.3 Å². The summed E-state index contributed by atoms with van der Waals surface area (Å²) >= 11 is 1.73. The normalized spacial score (nSPS) is 10.5. The summed E-state index contributed by atoms with van der Waals surface area (Å²) in [6.07, 6.45) is 1.90. The fourth-order valence-corrected chi connectivity index (χ4v) is 1.61. The van der Waals surface area contributed by atoms with E-state index in [0.717, 1.165) is 24.7 Å². The molecule has 68 valence electrons. The van der Waals surface area contributed by atoms with Crippen LogP contribution in [0.5, 0.6) is 0 Å². The molecule has 1 aromatic heterocycles. The van der Waals surface area contributed by atoms with Crippen molar-refractivity contribution in [1.82, 2.24) is 10.3 Å². The van der Waals surface area contributed by atoms with Gasteiger partial charge in [0, 0.05) is 31.3 Å². The molecule has 0 aromatic carbocycles. The predicted molar refractivity (Wildman–Crippen MR) is 50.4 cm³/mol. The first-order chi connectivity index (χ1) is 5.83. The van der Waals surface area contributed by atoms with Crippen LogP contribution in [0.2, 0.25) is 0 Å². The van der Waals surface area contributed by atoms with E-state index in [1.54, 1.807) is 18.4 Å². The van der Waals surface area contributed by atoms with E-state index in [2.05, 4.69) is 17.2 Å². The minimum atomic E-state index is 0.754. The third-order valence-electron chi connectivity index (χ3n) is 1.43. The standard InChI is InChI=1S/C8H14N2OS/c1-7-5-10-8(12-7)6-9-3-4-11-2/h5,9H,3-4,6H2,1-2H3. The summed E-state index contributed by atoms with van der Waals surface area (Å²) in [6, 6.07) is 0. The van der Waals surface area contributed by atoms with Gasteiger partial charge in [-0.25, -0.2) is 4.98 Å². The summed E-state index contributed by atoms with van der Waals surface area (Å²) in [5, 5.41) is 4.38. The van der Waals surface area contributed by atoms with Crippen molar-refractivity contribution in [3.63, 3.8) is 0 Å². The number of nitrogens with one attached hydrogen (secondary N) is 1. The summed E-state index contributed by atoms with van der Waals surface area (Å²) in [5.74, 6) is 0. The van der Waals surface area contributed by atoms with Crippen molar-refractivity contribution < 1.29 is 4.74 Å². The average molecular weight is 186 g/mol. The zero-order chi connectivity index (χ0) is 8.81. The van der Waals surface area contributed by atoms with Gasteiger partial charge in [0.05, 0.1) is 6.61 Å². The van der Waals surface area contributed by atoms with E-state index in [1.807, 2.05) is 6.20 Å². The van der Waals surface area contributed by atoms with Crippen molar-refractivity contribution in [3.05, 3.63) is 16.1 Å². The highest BCUT2D eigenvalue weighted by molar-refractivity contribution is 7.11. The highest BCUT2D eigenvalue weighted by atomic mass is 32.1. The SMILES string of the molecule is COCCNCc1ncc(C)s1. The fraction of sp³-hybridized carbons (Fsp3) is 0.625. The number of aromatic nitrogens is 1. The number of methoxy groups -OCH3 is 1. The van der Waals surface area contributed by atoms with Crippen LogP contribution in [0.25, 0.3) is 0 Å². The Morgan fingerprint density at radius 1 is 1.67 bits per heavy atom. The van der Waals surface area contributed by atoms with Gasteiger partial charge in [0.25, 0.3) is 0 Å². The first-order valence-electron chi connectivity index (χ1n) is 3.94. The van der Waals surface area contributed by atoms with E-state index in [4.69, 9.17) is 4.74 Å². The van der Waals surface area contributed by atoms with Gasteiger partial charge in [0.2, 0.25) is 0 Å². The van der Waals surface area contributed by atoms with Gasteiger partial charge in [0.15, 0.2) is 0 Å². The maximum atomic E-state index is 4.91. The second kappa shape index (κ2) is 5.24. The van der Waals surface area contributed by atoms with Crippen molar-refractivity contribution >= 4 is 11.3 Å². The van der Waals surface area contributed by atoms with E-state index in [9.17, 15) is 0 Å². The number of thiazole rings is 1. The summed E-state index contributed by atoms with van der Waals surface area (Å²) < 4.78 is 4.91. The summed E-state index contributed by atoms with van der Waals surface area (Å²) in [6.45, 7) is 4.55. The molecule has 0 spiro atoms. The fourth-order valence-electron chi connectivity index (χ4n) is 0.853. The minimum absolute atomic E-state index is 0.754. The smallest absolute Gasteiger partial charge is 0.107 e. The molecule has 0 radical (unpaired) electrons. The number of hydrogen-bond acceptors (Lipinski definition) is 4. The number of nitrogens with zero attached hydrogens (tertiary/aromatic N) is 1.